The summed E-state index contributed by atoms with van der Waals surface area (Å²) in [7, 11) is -24.4. The third-order valence-corrected chi connectivity index (χ3v) is 3.40. The summed E-state index contributed by atoms with van der Waals surface area (Å²) in [5.74, 6) is 0. The van der Waals surface area contributed by atoms with E-state index in [0.717, 1.165) is 0 Å². The van der Waals surface area contributed by atoms with E-state index in [2.05, 4.69) is 0 Å². The third-order valence-electron chi connectivity index (χ3n) is 1.13. The van der Waals surface area contributed by atoms with E-state index in [-0.39, 0.29) is 34.1 Å². The van der Waals surface area contributed by atoms with Crippen molar-refractivity contribution in [1.82, 2.24) is 0 Å². The molecule has 0 aromatic carbocycles. The molecular weight excluding hydrogens is 706 g/mol. The fourth-order valence-electron chi connectivity index (χ4n) is 0. The molecule has 0 spiro atoms. The van der Waals surface area contributed by atoms with Crippen LogP contribution in [0.15, 0.2) is 0 Å². The number of hydrogen-bond donors (Lipinski definition) is 0. The monoisotopic (exact) mass is 706 g/mol. The van der Waals surface area contributed by atoms with Crippen molar-refractivity contribution >= 4 is 40.5 Å². The van der Waals surface area contributed by atoms with Crippen molar-refractivity contribution in [2.24, 2.45) is 0 Å². The molecule has 0 saturated carbocycles. The van der Waals surface area contributed by atoms with Crippen molar-refractivity contribution < 1.29 is 139 Å². The molecule has 0 aromatic heterocycles. The van der Waals surface area contributed by atoms with Gasteiger partial charge in [-0.15, -0.1) is 0 Å². The van der Waals surface area contributed by atoms with Crippen LogP contribution in [0.3, 0.4) is 0 Å². The Bertz CT molecular complexity index is 833. The molecule has 0 aliphatic heterocycles. The van der Waals surface area contributed by atoms with Gasteiger partial charge in [0.15, 0.2) is 40.5 Å². The predicted molar refractivity (Wildman–Crippen MR) is 63.0 cm³/mol. The summed E-state index contributed by atoms with van der Waals surface area (Å²) >= 11 is 0. The first-order valence-electron chi connectivity index (χ1n) is 5.08. The normalized spacial score (nSPS) is 13.2. The fourth-order valence-corrected chi connectivity index (χ4v) is 0. The van der Waals surface area contributed by atoms with Gasteiger partial charge in [-0.25, -0.2) is 33.7 Å². The van der Waals surface area contributed by atoms with E-state index in [0.29, 0.717) is 0 Å². The molecular formula is C4F12Mn2O12S4. The Balaban J connectivity index is -0.0000000754. The molecule has 0 N–H and O–H groups in total. The van der Waals surface area contributed by atoms with Crippen LogP contribution < -0.4 is 0 Å². The van der Waals surface area contributed by atoms with Crippen LogP contribution in [0.1, 0.15) is 0 Å². The quantitative estimate of drug-likeness (QED) is 0.142. The topological polar surface area (TPSA) is 229 Å². The summed E-state index contributed by atoms with van der Waals surface area (Å²) in [5, 5.41) is 0. The average molecular weight is 706 g/mol. The van der Waals surface area contributed by atoms with E-state index < -0.39 is 62.5 Å². The second-order valence-corrected chi connectivity index (χ2v) is 9.08. The second kappa shape index (κ2) is 14.5. The molecule has 0 unspecified atom stereocenters. The maximum absolute atomic E-state index is 10.7. The van der Waals surface area contributed by atoms with Gasteiger partial charge in [0.1, 0.15) is 0 Å². The van der Waals surface area contributed by atoms with E-state index in [1.165, 1.54) is 0 Å². The Morgan fingerprint density at radius 2 is 0.353 bits per heavy atom. The van der Waals surface area contributed by atoms with Gasteiger partial charge >= 0.3 is 56.2 Å². The van der Waals surface area contributed by atoms with Crippen LogP contribution in [0.4, 0.5) is 52.7 Å². The first-order valence-corrected chi connectivity index (χ1v) is 10.7. The molecule has 2 radical (unpaired) electrons. The van der Waals surface area contributed by atoms with Gasteiger partial charge in [-0.1, -0.05) is 0 Å². The van der Waals surface area contributed by atoms with Gasteiger partial charge in [0.05, 0.1) is 0 Å². The van der Waals surface area contributed by atoms with E-state index in [1.54, 1.807) is 0 Å². The predicted octanol–water partition coefficient (Wildman–Crippen LogP) is 0.201. The second-order valence-electron chi connectivity index (χ2n) is 3.60. The zero-order chi connectivity index (χ0) is 28.0. The summed E-state index contributed by atoms with van der Waals surface area (Å²) in [5.41, 5.74) is -22.6. The Kier molecular flexibility index (Phi) is 20.1. The van der Waals surface area contributed by atoms with Crippen LogP contribution >= 0.6 is 0 Å². The molecule has 34 heavy (non-hydrogen) atoms. The molecule has 0 heterocycles. The zero-order valence-corrected chi connectivity index (χ0v) is 19.5. The molecule has 0 atom stereocenters. The maximum Gasteiger partial charge on any atom is 2.00 e. The SMILES string of the molecule is O=S(=O)([O-])C(F)(F)F.O=S(=O)([O-])C(F)(F)F.O=S(=O)([O-])C(F)(F)F.O=S(=O)([O-])C(F)(F)F.[Mn+2].[Mn+2]. The first-order chi connectivity index (χ1) is 13.0. The summed E-state index contributed by atoms with van der Waals surface area (Å²) in [6.45, 7) is 0. The Morgan fingerprint density at radius 1 is 0.324 bits per heavy atom. The molecule has 0 aromatic rings. The van der Waals surface area contributed by atoms with Crippen LogP contribution in [0.5, 0.6) is 0 Å². The van der Waals surface area contributed by atoms with Gasteiger partial charge in [0.25, 0.3) is 0 Å². The standard InChI is InChI=1S/4CHF3O3S.2Mn/c4*2-1(3,4)8(5,6)7;;/h4*(H,5,6,7);;/q;;;;2*+2/p-4. The van der Waals surface area contributed by atoms with Crippen LogP contribution in [-0.2, 0) is 74.6 Å². The van der Waals surface area contributed by atoms with Gasteiger partial charge in [-0.05, 0) is 0 Å². The molecule has 30 heteroatoms. The van der Waals surface area contributed by atoms with E-state index in [4.69, 9.17) is 51.9 Å². The van der Waals surface area contributed by atoms with Crippen molar-refractivity contribution in [3.63, 3.8) is 0 Å². The van der Waals surface area contributed by atoms with Crippen LogP contribution in [0, 0.1) is 0 Å². The minimum Gasteiger partial charge on any atom is -0.741 e. The number of hydrogen-bond acceptors (Lipinski definition) is 12. The average Bonchev–Trinajstić information content (AvgIpc) is 2.30. The largest absolute Gasteiger partial charge is 2.00 e. The van der Waals surface area contributed by atoms with Crippen LogP contribution in [-0.4, -0.2) is 73.9 Å². The first kappa shape index (κ1) is 47.1. The minimum atomic E-state index is -6.09. The Labute approximate surface area is 201 Å². The van der Waals surface area contributed by atoms with Crippen LogP contribution in [0.25, 0.3) is 0 Å². The minimum absolute atomic E-state index is 0. The molecule has 0 fully saturated rings. The van der Waals surface area contributed by atoms with E-state index in [9.17, 15) is 52.7 Å². The molecule has 0 aliphatic rings. The summed E-state index contributed by atoms with van der Waals surface area (Å²) in [6, 6.07) is 0. The van der Waals surface area contributed by atoms with Crippen molar-refractivity contribution in [2.75, 3.05) is 0 Å². The molecule has 0 rings (SSSR count). The Morgan fingerprint density at radius 3 is 0.353 bits per heavy atom. The summed E-state index contributed by atoms with van der Waals surface area (Å²) in [4.78, 5) is 0. The molecule has 0 saturated heterocycles. The smallest absolute Gasteiger partial charge is 0.741 e. The third kappa shape index (κ3) is 23.6. The maximum atomic E-state index is 10.7. The number of halogens is 12. The zero-order valence-electron chi connectivity index (χ0n) is 13.8. The summed E-state index contributed by atoms with van der Waals surface area (Å²) in [6.07, 6.45) is 0. The number of alkyl halides is 12. The van der Waals surface area contributed by atoms with Crippen molar-refractivity contribution in [3.05, 3.63) is 0 Å². The van der Waals surface area contributed by atoms with Gasteiger partial charge in [0, 0.05) is 0 Å². The van der Waals surface area contributed by atoms with E-state index >= 15 is 0 Å². The van der Waals surface area contributed by atoms with Gasteiger partial charge in [-0.2, -0.15) is 52.7 Å². The van der Waals surface area contributed by atoms with E-state index in [1.807, 2.05) is 0 Å². The van der Waals surface area contributed by atoms with Gasteiger partial charge in [0.2, 0.25) is 0 Å². The molecule has 0 bridgehead atoms. The van der Waals surface area contributed by atoms with Gasteiger partial charge in [-0.3, -0.25) is 0 Å². The van der Waals surface area contributed by atoms with Crippen molar-refractivity contribution in [3.8, 4) is 0 Å². The molecule has 210 valence electrons. The van der Waals surface area contributed by atoms with Crippen molar-refractivity contribution in [1.29, 1.82) is 0 Å². The molecule has 12 nitrogen and oxygen atoms in total. The van der Waals surface area contributed by atoms with Crippen LogP contribution in [0.2, 0.25) is 0 Å². The summed E-state index contributed by atoms with van der Waals surface area (Å²) < 4.78 is 236. The van der Waals surface area contributed by atoms with Gasteiger partial charge < -0.3 is 18.2 Å². The Hall–Kier alpha value is -0.161. The number of rotatable bonds is 0. The van der Waals surface area contributed by atoms with Crippen molar-refractivity contribution in [2.45, 2.75) is 22.0 Å². The fraction of sp³-hybridized carbons (Fsp3) is 1.00. The molecule has 0 amide bonds. The molecule has 0 aliphatic carbocycles.